The van der Waals surface area contributed by atoms with Crippen molar-refractivity contribution in [2.45, 2.75) is 33.7 Å². The summed E-state index contributed by atoms with van der Waals surface area (Å²) in [6.45, 7) is 8.95. The summed E-state index contributed by atoms with van der Waals surface area (Å²) < 4.78 is 5.23. The Bertz CT molecular complexity index is 428. The van der Waals surface area contributed by atoms with Crippen LogP contribution in [0.15, 0.2) is 6.33 Å². The molecule has 5 heteroatoms. The number of ether oxygens (including phenoxy) is 1. The van der Waals surface area contributed by atoms with E-state index in [1.807, 2.05) is 0 Å². The van der Waals surface area contributed by atoms with E-state index in [4.69, 9.17) is 10.5 Å². The number of aromatic nitrogens is 2. The number of nitrogens with two attached hydrogens (primary N) is 1. The second kappa shape index (κ2) is 3.48. The zero-order valence-corrected chi connectivity index (χ0v) is 11.0. The molecular formula is C12H20N4O. The van der Waals surface area contributed by atoms with Crippen molar-refractivity contribution in [3.05, 3.63) is 6.33 Å². The molecule has 0 aromatic carbocycles. The van der Waals surface area contributed by atoms with Crippen molar-refractivity contribution in [2.75, 3.05) is 18.2 Å². The Morgan fingerprint density at radius 3 is 2.29 bits per heavy atom. The smallest absolute Gasteiger partial charge is 0.203 e. The summed E-state index contributed by atoms with van der Waals surface area (Å²) in [6, 6.07) is 0.359. The Hall–Kier alpha value is -1.52. The Morgan fingerprint density at radius 2 is 1.82 bits per heavy atom. The molecule has 0 radical (unpaired) electrons. The number of nitrogens with zero attached hydrogens (tertiary/aromatic N) is 2. The molecule has 1 aromatic heterocycles. The average molecular weight is 236 g/mol. The lowest BCUT2D eigenvalue weighted by molar-refractivity contribution is 0.415. The van der Waals surface area contributed by atoms with Gasteiger partial charge in [-0.3, -0.25) is 0 Å². The Labute approximate surface area is 102 Å². The summed E-state index contributed by atoms with van der Waals surface area (Å²) in [5.74, 6) is 1.55. The van der Waals surface area contributed by atoms with E-state index >= 15 is 0 Å². The molecule has 3 N–H and O–H groups in total. The fourth-order valence-electron chi connectivity index (χ4n) is 2.39. The van der Waals surface area contributed by atoms with E-state index in [0.29, 0.717) is 23.4 Å². The van der Waals surface area contributed by atoms with E-state index in [1.165, 1.54) is 6.33 Å². The number of methoxy groups -OCH3 is 1. The van der Waals surface area contributed by atoms with Crippen molar-refractivity contribution in [3.8, 4) is 5.75 Å². The molecule has 5 nitrogen and oxygen atoms in total. The van der Waals surface area contributed by atoms with Gasteiger partial charge in [-0.05, 0) is 10.8 Å². The lowest BCUT2D eigenvalue weighted by Gasteiger charge is -2.12. The second-order valence-electron chi connectivity index (χ2n) is 5.66. The first-order chi connectivity index (χ1) is 7.82. The van der Waals surface area contributed by atoms with Crippen molar-refractivity contribution in [3.63, 3.8) is 0 Å². The maximum atomic E-state index is 5.75. The lowest BCUT2D eigenvalue weighted by Crippen LogP contribution is -2.13. The van der Waals surface area contributed by atoms with Crippen LogP contribution in [-0.4, -0.2) is 23.1 Å². The zero-order chi connectivity index (χ0) is 12.8. The van der Waals surface area contributed by atoms with E-state index in [2.05, 4.69) is 43.0 Å². The van der Waals surface area contributed by atoms with E-state index in [1.54, 1.807) is 7.11 Å². The predicted molar refractivity (Wildman–Crippen MR) is 68.0 cm³/mol. The molecule has 1 saturated carbocycles. The Kier molecular flexibility index (Phi) is 2.45. The first kappa shape index (κ1) is 12.0. The molecule has 0 amide bonds. The molecule has 2 rings (SSSR count). The molecular weight excluding hydrogens is 216 g/mol. The first-order valence-electron chi connectivity index (χ1n) is 5.73. The van der Waals surface area contributed by atoms with Crippen LogP contribution in [0, 0.1) is 10.8 Å². The molecule has 0 aliphatic heterocycles. The van der Waals surface area contributed by atoms with Crippen molar-refractivity contribution in [1.29, 1.82) is 0 Å². The normalized spacial score (nSPS) is 21.0. The minimum absolute atomic E-state index is 0.234. The number of anilines is 2. The number of hydrogen-bond acceptors (Lipinski definition) is 5. The third-order valence-corrected chi connectivity index (χ3v) is 4.34. The van der Waals surface area contributed by atoms with Gasteiger partial charge >= 0.3 is 0 Å². The van der Waals surface area contributed by atoms with Gasteiger partial charge in [0.2, 0.25) is 5.75 Å². The SMILES string of the molecule is COc1c(N)ncnc1NC1C(C)(C)C1(C)C. The van der Waals surface area contributed by atoms with Gasteiger partial charge in [-0.15, -0.1) is 0 Å². The zero-order valence-electron chi connectivity index (χ0n) is 11.0. The predicted octanol–water partition coefficient (Wildman–Crippen LogP) is 1.91. The highest BCUT2D eigenvalue weighted by Gasteiger charge is 2.65. The third-order valence-electron chi connectivity index (χ3n) is 4.34. The monoisotopic (exact) mass is 236 g/mol. The third kappa shape index (κ3) is 1.61. The van der Waals surface area contributed by atoms with Crippen molar-refractivity contribution in [2.24, 2.45) is 10.8 Å². The summed E-state index contributed by atoms with van der Waals surface area (Å²) in [5.41, 5.74) is 6.21. The van der Waals surface area contributed by atoms with Crippen LogP contribution >= 0.6 is 0 Å². The van der Waals surface area contributed by atoms with Gasteiger partial charge in [-0.1, -0.05) is 27.7 Å². The van der Waals surface area contributed by atoms with Gasteiger partial charge in [-0.2, -0.15) is 0 Å². The molecule has 17 heavy (non-hydrogen) atoms. The van der Waals surface area contributed by atoms with E-state index < -0.39 is 0 Å². The van der Waals surface area contributed by atoms with Crippen LogP contribution in [0.5, 0.6) is 5.75 Å². The van der Waals surface area contributed by atoms with Crippen LogP contribution in [-0.2, 0) is 0 Å². The maximum Gasteiger partial charge on any atom is 0.203 e. The highest BCUT2D eigenvalue weighted by Crippen LogP contribution is 2.63. The summed E-state index contributed by atoms with van der Waals surface area (Å²) in [7, 11) is 1.57. The highest BCUT2D eigenvalue weighted by molar-refractivity contribution is 5.62. The Morgan fingerprint density at radius 1 is 1.24 bits per heavy atom. The minimum atomic E-state index is 0.234. The standard InChI is InChI=1S/C12H20N4O/c1-11(2)10(12(11,3)4)16-9-7(17-5)8(13)14-6-15-9/h6,10H,1-5H3,(H3,13,14,15,16). The van der Waals surface area contributed by atoms with Gasteiger partial charge in [0.25, 0.3) is 0 Å². The van der Waals surface area contributed by atoms with Crippen LogP contribution in [0.1, 0.15) is 27.7 Å². The maximum absolute atomic E-state index is 5.75. The summed E-state index contributed by atoms with van der Waals surface area (Å²) >= 11 is 0. The van der Waals surface area contributed by atoms with E-state index in [-0.39, 0.29) is 10.8 Å². The summed E-state index contributed by atoms with van der Waals surface area (Å²) in [4.78, 5) is 8.11. The number of hydrogen-bond donors (Lipinski definition) is 2. The van der Waals surface area contributed by atoms with Crippen LogP contribution in [0.3, 0.4) is 0 Å². The van der Waals surface area contributed by atoms with Crippen molar-refractivity contribution in [1.82, 2.24) is 9.97 Å². The van der Waals surface area contributed by atoms with Crippen LogP contribution in [0.2, 0.25) is 0 Å². The Balaban J connectivity index is 2.24. The molecule has 1 aliphatic rings. The molecule has 0 atom stereocenters. The number of nitrogen functional groups attached to an aromatic ring is 1. The summed E-state index contributed by atoms with van der Waals surface area (Å²) in [6.07, 6.45) is 1.45. The number of rotatable bonds is 3. The molecule has 0 saturated heterocycles. The van der Waals surface area contributed by atoms with Gasteiger partial charge < -0.3 is 15.8 Å². The summed E-state index contributed by atoms with van der Waals surface area (Å²) in [5, 5.41) is 3.40. The largest absolute Gasteiger partial charge is 0.490 e. The van der Waals surface area contributed by atoms with Gasteiger partial charge in [0, 0.05) is 6.04 Å². The first-order valence-corrected chi connectivity index (χ1v) is 5.73. The van der Waals surface area contributed by atoms with Crippen LogP contribution < -0.4 is 15.8 Å². The molecule has 0 unspecified atom stereocenters. The lowest BCUT2D eigenvalue weighted by atomic mass is 10.0. The molecule has 0 bridgehead atoms. The molecule has 94 valence electrons. The van der Waals surface area contributed by atoms with E-state index in [9.17, 15) is 0 Å². The van der Waals surface area contributed by atoms with Gasteiger partial charge in [-0.25, -0.2) is 9.97 Å². The van der Waals surface area contributed by atoms with Crippen molar-refractivity contribution < 1.29 is 4.74 Å². The molecule has 1 heterocycles. The van der Waals surface area contributed by atoms with Crippen molar-refractivity contribution >= 4 is 11.6 Å². The van der Waals surface area contributed by atoms with Crippen LogP contribution in [0.25, 0.3) is 0 Å². The molecule has 1 aliphatic carbocycles. The van der Waals surface area contributed by atoms with Crippen LogP contribution in [0.4, 0.5) is 11.6 Å². The highest BCUT2D eigenvalue weighted by atomic mass is 16.5. The fourth-order valence-corrected chi connectivity index (χ4v) is 2.39. The molecule has 1 fully saturated rings. The average Bonchev–Trinajstić information content (AvgIpc) is 2.61. The van der Waals surface area contributed by atoms with Gasteiger partial charge in [0.1, 0.15) is 6.33 Å². The second-order valence-corrected chi connectivity index (χ2v) is 5.66. The van der Waals surface area contributed by atoms with Gasteiger partial charge in [0.05, 0.1) is 7.11 Å². The quantitative estimate of drug-likeness (QED) is 0.838. The fraction of sp³-hybridized carbons (Fsp3) is 0.667. The van der Waals surface area contributed by atoms with Gasteiger partial charge in [0.15, 0.2) is 11.6 Å². The minimum Gasteiger partial charge on any atom is -0.490 e. The van der Waals surface area contributed by atoms with E-state index in [0.717, 1.165) is 0 Å². The topological polar surface area (TPSA) is 73.1 Å². The molecule has 1 aromatic rings. The molecule has 0 spiro atoms. The number of nitrogens with one attached hydrogen (secondary N) is 1.